The zero-order valence-electron chi connectivity index (χ0n) is 14.9. The van der Waals surface area contributed by atoms with E-state index < -0.39 is 0 Å². The third kappa shape index (κ3) is 3.19. The molecule has 136 valence electrons. The van der Waals surface area contributed by atoms with E-state index in [0.29, 0.717) is 30.7 Å². The molecule has 2 saturated heterocycles. The number of rotatable bonds is 4. The van der Waals surface area contributed by atoms with Crippen LogP contribution in [-0.4, -0.2) is 53.1 Å². The Labute approximate surface area is 148 Å². The molecule has 1 N–H and O–H groups in total. The van der Waals surface area contributed by atoms with Crippen molar-refractivity contribution in [1.82, 2.24) is 14.8 Å². The van der Waals surface area contributed by atoms with Gasteiger partial charge in [-0.05, 0) is 43.7 Å². The Morgan fingerprint density at radius 1 is 1.32 bits per heavy atom. The summed E-state index contributed by atoms with van der Waals surface area (Å²) in [5.41, 5.74) is 0.565. The number of nitrogens with zero attached hydrogens (tertiary/aromatic N) is 2. The Bertz CT molecular complexity index is 649. The molecule has 6 nitrogen and oxygen atoms in total. The van der Waals surface area contributed by atoms with E-state index >= 15 is 0 Å². The van der Waals surface area contributed by atoms with Crippen molar-refractivity contribution in [1.29, 1.82) is 0 Å². The zero-order valence-corrected chi connectivity index (χ0v) is 14.9. The quantitative estimate of drug-likeness (QED) is 0.901. The molecular weight excluding hydrogens is 318 g/mol. The van der Waals surface area contributed by atoms with Crippen LogP contribution in [-0.2, 0) is 16.6 Å². The predicted octanol–water partition coefficient (Wildman–Crippen LogP) is 1.56. The van der Waals surface area contributed by atoms with Crippen LogP contribution in [0.2, 0.25) is 0 Å². The standard InChI is InChI=1S/C19H27N3O3/c1-21-9-3-6-16(21)17(23)20-10-14-7-8-19(25-11-14)12-22(13-19)18(24)15-4-2-5-15/h3,6,9,14-15H,2,4-5,7-8,10-13H2,1H3,(H,20,23)/t14-/m1/s1. The molecule has 1 aliphatic carbocycles. The lowest BCUT2D eigenvalue weighted by Crippen LogP contribution is -2.67. The average Bonchev–Trinajstić information content (AvgIpc) is 2.95. The molecule has 25 heavy (non-hydrogen) atoms. The lowest BCUT2D eigenvalue weighted by Gasteiger charge is -2.54. The summed E-state index contributed by atoms with van der Waals surface area (Å²) < 4.78 is 7.95. The normalized spacial score (nSPS) is 25.3. The summed E-state index contributed by atoms with van der Waals surface area (Å²) in [6.07, 6.45) is 7.21. The van der Waals surface area contributed by atoms with Crippen LogP contribution in [0.25, 0.3) is 0 Å². The van der Waals surface area contributed by atoms with Gasteiger partial charge in [0.2, 0.25) is 5.91 Å². The zero-order chi connectivity index (χ0) is 17.4. The highest BCUT2D eigenvalue weighted by Gasteiger charge is 2.49. The molecule has 3 fully saturated rings. The maximum Gasteiger partial charge on any atom is 0.267 e. The van der Waals surface area contributed by atoms with Gasteiger partial charge in [0.25, 0.3) is 5.91 Å². The van der Waals surface area contributed by atoms with Crippen LogP contribution >= 0.6 is 0 Å². The smallest absolute Gasteiger partial charge is 0.267 e. The molecule has 0 bridgehead atoms. The van der Waals surface area contributed by atoms with E-state index in [1.54, 1.807) is 0 Å². The molecular formula is C19H27N3O3. The summed E-state index contributed by atoms with van der Waals surface area (Å²) in [5, 5.41) is 3.01. The largest absolute Gasteiger partial charge is 0.371 e. The summed E-state index contributed by atoms with van der Waals surface area (Å²) in [6, 6.07) is 3.69. The van der Waals surface area contributed by atoms with Crippen LogP contribution < -0.4 is 5.32 Å². The maximum atomic E-state index is 12.2. The molecule has 1 aromatic rings. The summed E-state index contributed by atoms with van der Waals surface area (Å²) in [5.74, 6) is 0.929. The molecule has 1 spiro atoms. The first kappa shape index (κ1) is 16.6. The van der Waals surface area contributed by atoms with E-state index in [2.05, 4.69) is 5.32 Å². The highest BCUT2D eigenvalue weighted by molar-refractivity contribution is 5.92. The van der Waals surface area contributed by atoms with Crippen LogP contribution in [0, 0.1) is 11.8 Å². The van der Waals surface area contributed by atoms with E-state index in [4.69, 9.17) is 4.74 Å². The van der Waals surface area contributed by atoms with Gasteiger partial charge in [0.05, 0.1) is 19.7 Å². The van der Waals surface area contributed by atoms with Crippen LogP contribution in [0.5, 0.6) is 0 Å². The van der Waals surface area contributed by atoms with Gasteiger partial charge in [-0.3, -0.25) is 9.59 Å². The first-order valence-corrected chi connectivity index (χ1v) is 9.39. The minimum absolute atomic E-state index is 0.0336. The van der Waals surface area contributed by atoms with Gasteiger partial charge in [-0.1, -0.05) is 6.42 Å². The monoisotopic (exact) mass is 345 g/mol. The number of ether oxygens (including phenoxy) is 1. The third-order valence-electron chi connectivity index (χ3n) is 6.09. The maximum absolute atomic E-state index is 12.2. The van der Waals surface area contributed by atoms with Gasteiger partial charge in [-0.2, -0.15) is 0 Å². The summed E-state index contributed by atoms with van der Waals surface area (Å²) in [7, 11) is 1.87. The summed E-state index contributed by atoms with van der Waals surface area (Å²) in [6.45, 7) is 2.82. The van der Waals surface area contributed by atoms with Gasteiger partial charge in [-0.15, -0.1) is 0 Å². The fraction of sp³-hybridized carbons (Fsp3) is 0.684. The van der Waals surface area contributed by atoms with Gasteiger partial charge in [0.15, 0.2) is 0 Å². The molecule has 2 amide bonds. The van der Waals surface area contributed by atoms with Crippen molar-refractivity contribution < 1.29 is 14.3 Å². The molecule has 0 radical (unpaired) electrons. The Hall–Kier alpha value is -1.82. The number of carbonyl (C=O) groups is 2. The van der Waals surface area contributed by atoms with Gasteiger partial charge in [-0.25, -0.2) is 0 Å². The van der Waals surface area contributed by atoms with E-state index in [9.17, 15) is 9.59 Å². The number of hydrogen-bond donors (Lipinski definition) is 1. The van der Waals surface area contributed by atoms with Crippen LogP contribution in [0.1, 0.15) is 42.6 Å². The average molecular weight is 345 g/mol. The Morgan fingerprint density at radius 3 is 2.68 bits per heavy atom. The number of amides is 2. The number of hydrogen-bond acceptors (Lipinski definition) is 3. The van der Waals surface area contributed by atoms with E-state index in [0.717, 1.165) is 38.8 Å². The highest BCUT2D eigenvalue weighted by atomic mass is 16.5. The second-order valence-electron chi connectivity index (χ2n) is 7.94. The molecule has 2 aliphatic heterocycles. The van der Waals surface area contributed by atoms with Crippen molar-refractivity contribution in [3.8, 4) is 0 Å². The van der Waals surface area contributed by atoms with Crippen molar-refractivity contribution in [2.45, 2.75) is 37.7 Å². The molecule has 0 aromatic carbocycles. The van der Waals surface area contributed by atoms with Crippen molar-refractivity contribution in [3.05, 3.63) is 24.0 Å². The number of nitrogens with one attached hydrogen (secondary N) is 1. The molecule has 3 aliphatic rings. The molecule has 4 rings (SSSR count). The van der Waals surface area contributed by atoms with Crippen LogP contribution in [0.4, 0.5) is 0 Å². The molecule has 1 saturated carbocycles. The van der Waals surface area contributed by atoms with Gasteiger partial charge < -0.3 is 19.5 Å². The lowest BCUT2D eigenvalue weighted by molar-refractivity contribution is -0.192. The topological polar surface area (TPSA) is 63.6 Å². The first-order valence-electron chi connectivity index (χ1n) is 9.39. The number of aryl methyl sites for hydroxylation is 1. The summed E-state index contributed by atoms with van der Waals surface area (Å²) >= 11 is 0. The Balaban J connectivity index is 1.20. The molecule has 6 heteroatoms. The van der Waals surface area contributed by atoms with E-state index in [1.165, 1.54) is 6.42 Å². The SMILES string of the molecule is Cn1cccc1C(=O)NC[C@H]1CCC2(CN(C(=O)C3CCC3)C2)OC1. The molecule has 0 unspecified atom stereocenters. The minimum Gasteiger partial charge on any atom is -0.371 e. The van der Waals surface area contributed by atoms with Gasteiger partial charge >= 0.3 is 0 Å². The van der Waals surface area contributed by atoms with Crippen molar-refractivity contribution in [2.24, 2.45) is 18.9 Å². The fourth-order valence-electron chi connectivity index (χ4n) is 4.07. The molecule has 1 atom stereocenters. The fourth-order valence-corrected chi connectivity index (χ4v) is 4.07. The van der Waals surface area contributed by atoms with Crippen LogP contribution in [0.3, 0.4) is 0 Å². The minimum atomic E-state index is -0.113. The second kappa shape index (κ2) is 6.48. The van der Waals surface area contributed by atoms with Gasteiger partial charge in [0.1, 0.15) is 11.3 Å². The summed E-state index contributed by atoms with van der Waals surface area (Å²) in [4.78, 5) is 26.4. The molecule has 1 aromatic heterocycles. The number of carbonyl (C=O) groups excluding carboxylic acids is 2. The van der Waals surface area contributed by atoms with Crippen molar-refractivity contribution in [2.75, 3.05) is 26.2 Å². The number of aromatic nitrogens is 1. The van der Waals surface area contributed by atoms with E-state index in [-0.39, 0.29) is 17.4 Å². The van der Waals surface area contributed by atoms with Crippen molar-refractivity contribution in [3.63, 3.8) is 0 Å². The van der Waals surface area contributed by atoms with Crippen molar-refractivity contribution >= 4 is 11.8 Å². The Morgan fingerprint density at radius 2 is 2.12 bits per heavy atom. The first-order chi connectivity index (χ1) is 12.1. The van der Waals surface area contributed by atoms with Crippen LogP contribution in [0.15, 0.2) is 18.3 Å². The Kier molecular flexibility index (Phi) is 4.31. The van der Waals surface area contributed by atoms with Gasteiger partial charge in [0, 0.05) is 25.7 Å². The lowest BCUT2D eigenvalue weighted by atomic mass is 9.79. The number of likely N-dealkylation sites (tertiary alicyclic amines) is 1. The molecule has 3 heterocycles. The van der Waals surface area contributed by atoms with E-state index in [1.807, 2.05) is 34.8 Å². The highest BCUT2D eigenvalue weighted by Crippen LogP contribution is 2.38. The second-order valence-corrected chi connectivity index (χ2v) is 7.94. The predicted molar refractivity (Wildman–Crippen MR) is 93.1 cm³/mol. The third-order valence-corrected chi connectivity index (χ3v) is 6.09.